The standard InChI is InChI=1S/C20H17N3O5/c1-12-7-17(14(3)23(12)19-8-13(2)28-22-19)18(24)11-27-20(25)15(10-21)9-16-5-4-6-26-16/h4-9H,11H2,1-3H3/b15-9+. The molecule has 0 saturated carbocycles. The number of Topliss-reactive ketones (excluding diaryl/α,β-unsaturated/α-hetero) is 1. The highest BCUT2D eigenvalue weighted by Crippen LogP contribution is 2.21. The van der Waals surface area contributed by atoms with Gasteiger partial charge in [0.05, 0.1) is 6.26 Å². The highest BCUT2D eigenvalue weighted by molar-refractivity contribution is 6.02. The summed E-state index contributed by atoms with van der Waals surface area (Å²) in [5.41, 5.74) is 1.58. The molecule has 142 valence electrons. The lowest BCUT2D eigenvalue weighted by Crippen LogP contribution is -2.15. The van der Waals surface area contributed by atoms with Crippen LogP contribution in [0.4, 0.5) is 0 Å². The van der Waals surface area contributed by atoms with Gasteiger partial charge in [-0.15, -0.1) is 0 Å². The number of aryl methyl sites for hydroxylation is 2. The summed E-state index contributed by atoms with van der Waals surface area (Å²) in [7, 11) is 0. The molecule has 0 saturated heterocycles. The third-order valence-corrected chi connectivity index (χ3v) is 4.08. The lowest BCUT2D eigenvalue weighted by molar-refractivity contribution is -0.137. The number of rotatable bonds is 6. The molecule has 0 unspecified atom stereocenters. The van der Waals surface area contributed by atoms with Crippen molar-refractivity contribution in [1.82, 2.24) is 9.72 Å². The molecule has 3 aromatic heterocycles. The molecular weight excluding hydrogens is 362 g/mol. The number of hydrogen-bond acceptors (Lipinski definition) is 7. The number of esters is 1. The summed E-state index contributed by atoms with van der Waals surface area (Å²) in [6.07, 6.45) is 2.67. The Kier molecular flexibility index (Phi) is 5.27. The molecule has 3 rings (SSSR count). The van der Waals surface area contributed by atoms with Gasteiger partial charge < -0.3 is 13.7 Å². The van der Waals surface area contributed by atoms with Crippen molar-refractivity contribution in [3.05, 3.63) is 64.6 Å². The molecule has 0 amide bonds. The third-order valence-electron chi connectivity index (χ3n) is 4.08. The average Bonchev–Trinajstić information content (AvgIpc) is 3.39. The molecule has 3 heterocycles. The van der Waals surface area contributed by atoms with E-state index in [9.17, 15) is 9.59 Å². The number of ketones is 1. The highest BCUT2D eigenvalue weighted by Gasteiger charge is 2.20. The van der Waals surface area contributed by atoms with E-state index in [0.717, 1.165) is 5.69 Å². The predicted octanol–water partition coefficient (Wildman–Crippen LogP) is 3.32. The van der Waals surface area contributed by atoms with Gasteiger partial charge in [-0.05, 0) is 39.0 Å². The molecule has 0 aliphatic carbocycles. The molecule has 8 heteroatoms. The van der Waals surface area contributed by atoms with Gasteiger partial charge in [0.15, 0.2) is 12.4 Å². The van der Waals surface area contributed by atoms with Crippen molar-refractivity contribution in [2.75, 3.05) is 6.61 Å². The van der Waals surface area contributed by atoms with Crippen molar-refractivity contribution < 1.29 is 23.3 Å². The quantitative estimate of drug-likeness (QED) is 0.279. The Labute approximate surface area is 160 Å². The molecule has 0 aliphatic heterocycles. The zero-order chi connectivity index (χ0) is 20.3. The number of hydrogen-bond donors (Lipinski definition) is 0. The molecule has 0 fully saturated rings. The van der Waals surface area contributed by atoms with Gasteiger partial charge in [0.25, 0.3) is 0 Å². The molecular formula is C20H17N3O5. The minimum absolute atomic E-state index is 0.258. The Morgan fingerprint density at radius 2 is 2.11 bits per heavy atom. The predicted molar refractivity (Wildman–Crippen MR) is 97.6 cm³/mol. The summed E-state index contributed by atoms with van der Waals surface area (Å²) in [6, 6.07) is 8.42. The largest absolute Gasteiger partial charge is 0.465 e. The van der Waals surface area contributed by atoms with Crippen LogP contribution in [0.5, 0.6) is 0 Å². The first-order valence-corrected chi connectivity index (χ1v) is 8.39. The van der Waals surface area contributed by atoms with Gasteiger partial charge in [0.2, 0.25) is 5.78 Å². The molecule has 0 aliphatic rings. The van der Waals surface area contributed by atoms with Gasteiger partial charge in [0.1, 0.15) is 23.2 Å². The Morgan fingerprint density at radius 3 is 2.71 bits per heavy atom. The molecule has 0 bridgehead atoms. The maximum Gasteiger partial charge on any atom is 0.349 e. The van der Waals surface area contributed by atoms with E-state index in [2.05, 4.69) is 5.16 Å². The maximum absolute atomic E-state index is 12.5. The van der Waals surface area contributed by atoms with Crippen LogP contribution in [-0.2, 0) is 9.53 Å². The van der Waals surface area contributed by atoms with Gasteiger partial charge in [-0.3, -0.25) is 9.36 Å². The smallest absolute Gasteiger partial charge is 0.349 e. The van der Waals surface area contributed by atoms with E-state index in [0.29, 0.717) is 28.6 Å². The van der Waals surface area contributed by atoms with E-state index < -0.39 is 12.6 Å². The van der Waals surface area contributed by atoms with E-state index >= 15 is 0 Å². The van der Waals surface area contributed by atoms with Crippen LogP contribution in [0, 0.1) is 32.1 Å². The van der Waals surface area contributed by atoms with Gasteiger partial charge in [-0.25, -0.2) is 4.79 Å². The molecule has 0 atom stereocenters. The van der Waals surface area contributed by atoms with E-state index in [1.807, 2.05) is 6.92 Å². The molecule has 3 aromatic rings. The van der Waals surface area contributed by atoms with E-state index in [1.165, 1.54) is 12.3 Å². The molecule has 0 aromatic carbocycles. The van der Waals surface area contributed by atoms with Gasteiger partial charge in [-0.1, -0.05) is 5.16 Å². The van der Waals surface area contributed by atoms with Crippen molar-refractivity contribution >= 4 is 17.8 Å². The second-order valence-corrected chi connectivity index (χ2v) is 6.10. The number of nitriles is 1. The van der Waals surface area contributed by atoms with E-state index in [4.69, 9.17) is 18.9 Å². The summed E-state index contributed by atoms with van der Waals surface area (Å²) >= 11 is 0. The number of aromatic nitrogens is 2. The zero-order valence-electron chi connectivity index (χ0n) is 15.6. The number of carbonyl (C=O) groups excluding carboxylic acids is 2. The molecule has 8 nitrogen and oxygen atoms in total. The van der Waals surface area contributed by atoms with Crippen molar-refractivity contribution in [3.8, 4) is 11.9 Å². The Balaban J connectivity index is 1.73. The molecule has 28 heavy (non-hydrogen) atoms. The lowest BCUT2D eigenvalue weighted by atomic mass is 10.1. The topological polar surface area (TPSA) is 111 Å². The summed E-state index contributed by atoms with van der Waals surface area (Å²) in [5, 5.41) is 13.1. The Morgan fingerprint density at radius 1 is 1.32 bits per heavy atom. The summed E-state index contributed by atoms with van der Waals surface area (Å²) in [5.74, 6) is 0.274. The van der Waals surface area contributed by atoms with Crippen molar-refractivity contribution in [3.63, 3.8) is 0 Å². The summed E-state index contributed by atoms with van der Waals surface area (Å²) < 4.78 is 16.9. The van der Waals surface area contributed by atoms with Crippen molar-refractivity contribution in [2.45, 2.75) is 20.8 Å². The highest BCUT2D eigenvalue weighted by atomic mass is 16.5. The van der Waals surface area contributed by atoms with Gasteiger partial charge >= 0.3 is 5.97 Å². The van der Waals surface area contributed by atoms with Crippen LogP contribution in [0.15, 0.2) is 45.0 Å². The second-order valence-electron chi connectivity index (χ2n) is 6.10. The number of ether oxygens (including phenoxy) is 1. The molecule has 0 N–H and O–H groups in total. The van der Waals surface area contributed by atoms with Crippen LogP contribution in [0.3, 0.4) is 0 Å². The number of nitrogens with zero attached hydrogens (tertiary/aromatic N) is 3. The Bertz CT molecular complexity index is 1090. The minimum Gasteiger partial charge on any atom is -0.465 e. The van der Waals surface area contributed by atoms with Crippen molar-refractivity contribution in [1.29, 1.82) is 5.26 Å². The van der Waals surface area contributed by atoms with Gasteiger partial charge in [0, 0.05) is 29.1 Å². The fourth-order valence-electron chi connectivity index (χ4n) is 2.80. The first-order valence-electron chi connectivity index (χ1n) is 8.39. The minimum atomic E-state index is -0.895. The molecule has 0 radical (unpaired) electrons. The van der Waals surface area contributed by atoms with E-state index in [1.54, 1.807) is 48.7 Å². The van der Waals surface area contributed by atoms with E-state index in [-0.39, 0.29) is 11.4 Å². The number of furan rings is 1. The first-order chi connectivity index (χ1) is 13.4. The van der Waals surface area contributed by atoms with Crippen LogP contribution < -0.4 is 0 Å². The van der Waals surface area contributed by atoms with Crippen LogP contribution in [0.1, 0.15) is 33.3 Å². The summed E-state index contributed by atoms with van der Waals surface area (Å²) in [4.78, 5) is 24.6. The zero-order valence-corrected chi connectivity index (χ0v) is 15.6. The van der Waals surface area contributed by atoms with Crippen LogP contribution in [0.25, 0.3) is 11.9 Å². The van der Waals surface area contributed by atoms with Gasteiger partial charge in [-0.2, -0.15) is 5.26 Å². The average molecular weight is 379 g/mol. The lowest BCUT2D eigenvalue weighted by Gasteiger charge is -2.06. The van der Waals surface area contributed by atoms with Crippen LogP contribution in [-0.4, -0.2) is 28.1 Å². The SMILES string of the molecule is Cc1cc(-n2c(C)cc(C(=O)COC(=O)/C(C#N)=C/c3ccco3)c2C)no1. The third kappa shape index (κ3) is 3.78. The molecule has 0 spiro atoms. The second kappa shape index (κ2) is 7.80. The van der Waals surface area contributed by atoms with Crippen molar-refractivity contribution in [2.24, 2.45) is 0 Å². The summed E-state index contributed by atoms with van der Waals surface area (Å²) in [6.45, 7) is 4.89. The fourth-order valence-corrected chi connectivity index (χ4v) is 2.80. The van der Waals surface area contributed by atoms with Crippen LogP contribution >= 0.6 is 0 Å². The maximum atomic E-state index is 12.5. The normalized spacial score (nSPS) is 11.3. The monoisotopic (exact) mass is 379 g/mol. The Hall–Kier alpha value is -3.86. The van der Waals surface area contributed by atoms with Crippen LogP contribution in [0.2, 0.25) is 0 Å². The first kappa shape index (κ1) is 18.9. The fraction of sp³-hybridized carbons (Fsp3) is 0.200. The number of carbonyl (C=O) groups is 2.